The summed E-state index contributed by atoms with van der Waals surface area (Å²) >= 11 is 0. The molecular formula is C24H18FN. The van der Waals surface area contributed by atoms with Crippen LogP contribution in [0, 0.1) is 5.82 Å². The van der Waals surface area contributed by atoms with E-state index in [-0.39, 0.29) is 5.56 Å². The van der Waals surface area contributed by atoms with Gasteiger partial charge in [0.15, 0.2) is 0 Å². The molecule has 1 nitrogen and oxygen atoms in total. The van der Waals surface area contributed by atoms with E-state index in [9.17, 15) is 0 Å². The first-order valence-electron chi connectivity index (χ1n) is 14.8. The summed E-state index contributed by atoms with van der Waals surface area (Å²) in [6.45, 7) is 0. The van der Waals surface area contributed by atoms with E-state index in [0.29, 0.717) is 0 Å². The van der Waals surface area contributed by atoms with Crippen molar-refractivity contribution in [2.45, 2.75) is 0 Å². The Kier molecular flexibility index (Phi) is 1.78. The molecule has 4 aromatic carbocycles. The third-order valence-electron chi connectivity index (χ3n) is 3.40. The Balaban J connectivity index is 2.16. The molecule has 0 aliphatic carbocycles. The quantitative estimate of drug-likeness (QED) is 0.420. The van der Waals surface area contributed by atoms with Gasteiger partial charge >= 0.3 is 0 Å². The molecule has 0 saturated carbocycles. The van der Waals surface area contributed by atoms with Crippen molar-refractivity contribution < 1.29 is 25.0 Å². The Morgan fingerprint density at radius 3 is 1.77 bits per heavy atom. The van der Waals surface area contributed by atoms with Gasteiger partial charge in [-0.2, -0.15) is 0 Å². The highest BCUT2D eigenvalue weighted by Gasteiger charge is 2.14. The van der Waals surface area contributed by atoms with Crippen LogP contribution < -0.4 is 5.32 Å². The Hall–Kier alpha value is -3.39. The second-order valence-corrected chi connectivity index (χ2v) is 5.01. The first-order valence-corrected chi connectivity index (χ1v) is 7.34. The molecule has 2 heteroatoms. The maximum Gasteiger partial charge on any atom is 0.147 e. The van der Waals surface area contributed by atoms with Crippen LogP contribution in [0.5, 0.6) is 0 Å². The van der Waals surface area contributed by atoms with Crippen LogP contribution in [0.4, 0.5) is 15.8 Å². The Morgan fingerprint density at radius 1 is 0.615 bits per heavy atom. The van der Waals surface area contributed by atoms with Crippen molar-refractivity contribution in [1.82, 2.24) is 0 Å². The normalized spacial score (nSPS) is 18.6. The molecule has 0 amide bonds. The van der Waals surface area contributed by atoms with E-state index in [0.717, 1.165) is 12.1 Å². The first kappa shape index (κ1) is 6.40. The molecule has 0 fully saturated rings. The topological polar surface area (TPSA) is 12.0 Å². The summed E-state index contributed by atoms with van der Waals surface area (Å²) in [6, 6.07) is -9.19. The van der Waals surface area contributed by atoms with Crippen molar-refractivity contribution in [2.75, 3.05) is 5.32 Å². The van der Waals surface area contributed by atoms with Gasteiger partial charge in [-0.15, -0.1) is 0 Å². The smallest absolute Gasteiger partial charge is 0.147 e. The largest absolute Gasteiger partial charge is 0.353 e. The zero-order valence-corrected chi connectivity index (χ0v) is 13.0. The van der Waals surface area contributed by atoms with E-state index in [2.05, 4.69) is 5.32 Å². The monoisotopic (exact) mass is 354 g/mol. The van der Waals surface area contributed by atoms with E-state index in [1.54, 1.807) is 0 Å². The highest BCUT2D eigenvalue weighted by molar-refractivity contribution is 5.85. The minimum atomic E-state index is -1.23. The maximum absolute atomic E-state index is 16.0. The number of hydrogen-bond donors (Lipinski definition) is 1. The van der Waals surface area contributed by atoms with Gasteiger partial charge in [-0.05, 0) is 40.9 Å². The molecule has 0 spiro atoms. The highest BCUT2D eigenvalue weighted by atomic mass is 19.1. The predicted octanol–water partition coefficient (Wildman–Crippen LogP) is 6.90. The second kappa shape index (κ2) is 7.24. The van der Waals surface area contributed by atoms with Gasteiger partial charge in [0.2, 0.25) is 0 Å². The van der Waals surface area contributed by atoms with Gasteiger partial charge in [-0.1, -0.05) is 78.6 Å². The molecule has 4 rings (SSSR count). The molecule has 0 heterocycles. The van der Waals surface area contributed by atoms with Crippen LogP contribution in [0.15, 0.2) is 103 Å². The van der Waals surface area contributed by atoms with Crippen LogP contribution in [-0.4, -0.2) is 0 Å². The van der Waals surface area contributed by atoms with E-state index in [1.165, 1.54) is 0 Å². The molecule has 0 aliphatic rings. The highest BCUT2D eigenvalue weighted by Crippen LogP contribution is 2.36. The summed E-state index contributed by atoms with van der Waals surface area (Å²) in [5.41, 5.74) is -2.93. The molecule has 0 aromatic heterocycles. The van der Waals surface area contributed by atoms with Crippen LogP contribution in [0.25, 0.3) is 22.3 Å². The van der Waals surface area contributed by atoms with Gasteiger partial charge in [0.05, 0.1) is 26.2 Å². The van der Waals surface area contributed by atoms with Gasteiger partial charge < -0.3 is 5.32 Å². The number of rotatable bonds is 4. The Bertz CT molecular complexity index is 1700. The summed E-state index contributed by atoms with van der Waals surface area (Å²) in [5, 5.41) is 2.43. The van der Waals surface area contributed by atoms with E-state index >= 15 is 4.39 Å². The SMILES string of the molecule is [2H]c1c([2H])c([2H])c(Nc2c(F)cc(-c3c([2H])c([2H])c([2H])c([2H])c3[2H])cc2-c2c([2H])c([2H])c([2H])c([2H])c2[2H])c([2H])c1[2H]. The molecule has 0 radical (unpaired) electrons. The summed E-state index contributed by atoms with van der Waals surface area (Å²) in [7, 11) is 0. The van der Waals surface area contributed by atoms with Gasteiger partial charge in [0, 0.05) is 11.3 Å². The number of benzene rings is 4. The molecule has 1 N–H and O–H groups in total. The third-order valence-corrected chi connectivity index (χ3v) is 3.40. The van der Waals surface area contributed by atoms with Crippen molar-refractivity contribution in [3.8, 4) is 22.3 Å². The lowest BCUT2D eigenvalue weighted by atomic mass is 9.96. The van der Waals surface area contributed by atoms with Crippen LogP contribution in [0.2, 0.25) is 0 Å². The lowest BCUT2D eigenvalue weighted by molar-refractivity contribution is 0.633. The van der Waals surface area contributed by atoms with Gasteiger partial charge in [-0.25, -0.2) is 4.39 Å². The number of nitrogens with one attached hydrogen (secondary N) is 1. The fourth-order valence-electron chi connectivity index (χ4n) is 2.29. The predicted molar refractivity (Wildman–Crippen MR) is 107 cm³/mol. The van der Waals surface area contributed by atoms with Gasteiger partial charge in [0.1, 0.15) is 5.82 Å². The van der Waals surface area contributed by atoms with Crippen molar-refractivity contribution in [3.63, 3.8) is 0 Å². The molecule has 0 saturated heterocycles. The van der Waals surface area contributed by atoms with Crippen LogP contribution in [0.3, 0.4) is 0 Å². The van der Waals surface area contributed by atoms with Crippen molar-refractivity contribution in [2.24, 2.45) is 0 Å². The molecule has 0 bridgehead atoms. The molecular weight excluding hydrogens is 321 g/mol. The zero-order valence-electron chi connectivity index (χ0n) is 28.0. The average molecular weight is 355 g/mol. The lowest BCUT2D eigenvalue weighted by Crippen LogP contribution is -1.98. The minimum Gasteiger partial charge on any atom is -0.353 e. The minimum absolute atomic E-state index is 0.298. The van der Waals surface area contributed by atoms with E-state index in [4.69, 9.17) is 20.6 Å². The van der Waals surface area contributed by atoms with Gasteiger partial charge in [0.25, 0.3) is 0 Å². The van der Waals surface area contributed by atoms with Crippen LogP contribution in [-0.2, 0) is 0 Å². The molecule has 26 heavy (non-hydrogen) atoms. The number of para-hydroxylation sites is 1. The van der Waals surface area contributed by atoms with Crippen LogP contribution >= 0.6 is 0 Å². The van der Waals surface area contributed by atoms with Gasteiger partial charge in [-0.3, -0.25) is 0 Å². The number of hydrogen-bond acceptors (Lipinski definition) is 1. The molecule has 126 valence electrons. The summed E-state index contributed by atoms with van der Waals surface area (Å²) in [5.74, 6) is -1.23. The maximum atomic E-state index is 16.0. The molecule has 0 aliphatic heterocycles. The third kappa shape index (κ3) is 3.35. The fourth-order valence-corrected chi connectivity index (χ4v) is 2.29. The second-order valence-electron chi connectivity index (χ2n) is 5.01. The van der Waals surface area contributed by atoms with Crippen molar-refractivity contribution >= 4 is 11.4 Å². The average Bonchev–Trinajstić information content (AvgIpc) is 2.94. The lowest BCUT2D eigenvalue weighted by Gasteiger charge is -2.16. The summed E-state index contributed by atoms with van der Waals surface area (Å²) < 4.78 is 137. The zero-order chi connectivity index (χ0) is 30.8. The number of anilines is 2. The fraction of sp³-hybridized carbons (Fsp3) is 0. The molecule has 0 atom stereocenters. The van der Waals surface area contributed by atoms with Crippen LogP contribution in [0.1, 0.15) is 20.6 Å². The van der Waals surface area contributed by atoms with Crippen molar-refractivity contribution in [1.29, 1.82) is 0 Å². The van der Waals surface area contributed by atoms with E-state index < -0.39 is 125 Å². The number of halogens is 1. The summed E-state index contributed by atoms with van der Waals surface area (Å²) in [6.07, 6.45) is 0. The molecule has 4 aromatic rings. The van der Waals surface area contributed by atoms with E-state index in [1.807, 2.05) is 0 Å². The van der Waals surface area contributed by atoms with Crippen molar-refractivity contribution in [3.05, 3.63) is 109 Å². The first-order chi connectivity index (χ1) is 19.0. The Labute approximate surface area is 173 Å². The summed E-state index contributed by atoms with van der Waals surface area (Å²) in [4.78, 5) is 0. The standard InChI is InChI=1S/C24H18FN/c25-23-17-20(18-10-4-1-5-11-18)16-22(19-12-6-2-7-13-19)24(23)26-21-14-8-3-9-15-21/h1-17,26H/i1D,2D,3D,4D,5D,6D,7D,8D,9D,10D,11D,12D,13D,14D,15D. The Morgan fingerprint density at radius 2 is 1.15 bits per heavy atom. The molecule has 0 unspecified atom stereocenters.